The number of carbonyl (C=O) groups is 2. The summed E-state index contributed by atoms with van der Waals surface area (Å²) in [4.78, 5) is 24.3. The molecule has 0 atom stereocenters. The van der Waals surface area contributed by atoms with E-state index in [0.717, 1.165) is 0 Å². The van der Waals surface area contributed by atoms with Crippen LogP contribution < -0.4 is 20.1 Å². The van der Waals surface area contributed by atoms with Gasteiger partial charge >= 0.3 is 0 Å². The van der Waals surface area contributed by atoms with Gasteiger partial charge in [-0.3, -0.25) is 9.59 Å². The fraction of sp³-hybridized carbons (Fsp3) is 0.167. The van der Waals surface area contributed by atoms with Crippen molar-refractivity contribution < 1.29 is 23.5 Å². The summed E-state index contributed by atoms with van der Waals surface area (Å²) in [6.45, 7) is 0.147. The molecular weight excluding hydrogens is 399 g/mol. The van der Waals surface area contributed by atoms with Crippen molar-refractivity contribution in [1.29, 1.82) is 0 Å². The van der Waals surface area contributed by atoms with Gasteiger partial charge in [0.1, 0.15) is 17.3 Å². The number of hydrogen-bond acceptors (Lipinski definition) is 4. The van der Waals surface area contributed by atoms with Gasteiger partial charge in [0.05, 0.1) is 7.11 Å². The molecule has 0 saturated carbocycles. The molecule has 3 aromatic rings. The Hall–Kier alpha value is -3.87. The molecule has 0 bridgehead atoms. The highest BCUT2D eigenvalue weighted by Crippen LogP contribution is 2.17. The van der Waals surface area contributed by atoms with Crippen LogP contribution in [0.5, 0.6) is 11.5 Å². The SMILES string of the molecule is COc1cccc(NC(=O)COc2ccc(C(=O)NCCc3ccccc3F)cc2)c1. The van der Waals surface area contributed by atoms with Gasteiger partial charge in [-0.25, -0.2) is 4.39 Å². The number of benzene rings is 3. The number of halogens is 1. The van der Waals surface area contributed by atoms with Gasteiger partial charge < -0.3 is 20.1 Å². The Balaban J connectivity index is 1.44. The number of nitrogens with one attached hydrogen (secondary N) is 2. The van der Waals surface area contributed by atoms with Gasteiger partial charge in [0.2, 0.25) is 0 Å². The zero-order chi connectivity index (χ0) is 22.1. The molecule has 3 rings (SSSR count). The van der Waals surface area contributed by atoms with E-state index in [-0.39, 0.29) is 24.2 Å². The number of hydrogen-bond donors (Lipinski definition) is 2. The maximum atomic E-state index is 13.6. The van der Waals surface area contributed by atoms with E-state index in [2.05, 4.69) is 10.6 Å². The Labute approximate surface area is 180 Å². The van der Waals surface area contributed by atoms with Gasteiger partial charge in [-0.1, -0.05) is 24.3 Å². The summed E-state index contributed by atoms with van der Waals surface area (Å²) in [5.74, 6) is 0.237. The molecule has 0 unspecified atom stereocenters. The molecule has 0 aliphatic rings. The molecule has 6 nitrogen and oxygen atoms in total. The van der Waals surface area contributed by atoms with Gasteiger partial charge in [0.25, 0.3) is 11.8 Å². The molecule has 31 heavy (non-hydrogen) atoms. The third kappa shape index (κ3) is 6.57. The number of ether oxygens (including phenoxy) is 2. The van der Waals surface area contributed by atoms with Crippen LogP contribution in [0.15, 0.2) is 72.8 Å². The van der Waals surface area contributed by atoms with E-state index in [9.17, 15) is 14.0 Å². The monoisotopic (exact) mass is 422 g/mol. The predicted octanol–water partition coefficient (Wildman–Crippen LogP) is 3.82. The lowest BCUT2D eigenvalue weighted by atomic mass is 10.1. The van der Waals surface area contributed by atoms with Crippen LogP contribution in [0.1, 0.15) is 15.9 Å². The summed E-state index contributed by atoms with van der Waals surface area (Å²) in [6, 6.07) is 19.9. The smallest absolute Gasteiger partial charge is 0.262 e. The van der Waals surface area contributed by atoms with Crippen molar-refractivity contribution in [2.24, 2.45) is 0 Å². The minimum Gasteiger partial charge on any atom is -0.497 e. The maximum absolute atomic E-state index is 13.6. The lowest BCUT2D eigenvalue weighted by Gasteiger charge is -2.09. The minimum absolute atomic E-state index is 0.175. The zero-order valence-corrected chi connectivity index (χ0v) is 17.1. The van der Waals surface area contributed by atoms with E-state index in [4.69, 9.17) is 9.47 Å². The third-order valence-corrected chi connectivity index (χ3v) is 4.48. The Bertz CT molecular complexity index is 1040. The van der Waals surface area contributed by atoms with Crippen molar-refractivity contribution in [2.45, 2.75) is 6.42 Å². The fourth-order valence-electron chi connectivity index (χ4n) is 2.86. The summed E-state index contributed by atoms with van der Waals surface area (Å²) in [5.41, 5.74) is 1.61. The zero-order valence-electron chi connectivity index (χ0n) is 17.1. The fourth-order valence-corrected chi connectivity index (χ4v) is 2.86. The lowest BCUT2D eigenvalue weighted by Crippen LogP contribution is -2.25. The number of methoxy groups -OCH3 is 1. The Morgan fingerprint density at radius 2 is 1.71 bits per heavy atom. The molecule has 0 saturated heterocycles. The van der Waals surface area contributed by atoms with Crippen molar-refractivity contribution in [3.05, 3.63) is 89.7 Å². The van der Waals surface area contributed by atoms with E-state index in [1.807, 2.05) is 0 Å². The number of anilines is 1. The highest BCUT2D eigenvalue weighted by atomic mass is 19.1. The first kappa shape index (κ1) is 21.8. The summed E-state index contributed by atoms with van der Waals surface area (Å²) in [6.07, 6.45) is 0.405. The Morgan fingerprint density at radius 1 is 0.935 bits per heavy atom. The van der Waals surface area contributed by atoms with Crippen LogP contribution in [0.25, 0.3) is 0 Å². The first-order valence-corrected chi connectivity index (χ1v) is 9.73. The first-order valence-electron chi connectivity index (χ1n) is 9.73. The molecule has 3 aromatic carbocycles. The topological polar surface area (TPSA) is 76.7 Å². The largest absolute Gasteiger partial charge is 0.497 e. The van der Waals surface area contributed by atoms with E-state index >= 15 is 0 Å². The van der Waals surface area contributed by atoms with Crippen LogP contribution in [0.2, 0.25) is 0 Å². The van der Waals surface area contributed by atoms with E-state index in [1.165, 1.54) is 6.07 Å². The van der Waals surface area contributed by atoms with E-state index < -0.39 is 0 Å². The summed E-state index contributed by atoms with van der Waals surface area (Å²) in [5, 5.41) is 5.48. The Morgan fingerprint density at radius 3 is 2.45 bits per heavy atom. The van der Waals surface area contributed by atoms with Gasteiger partial charge in [-0.15, -0.1) is 0 Å². The molecule has 0 radical (unpaired) electrons. The van der Waals surface area contributed by atoms with Crippen molar-refractivity contribution >= 4 is 17.5 Å². The number of carbonyl (C=O) groups excluding carboxylic acids is 2. The molecule has 0 fully saturated rings. The predicted molar refractivity (Wildman–Crippen MR) is 116 cm³/mol. The molecule has 0 aliphatic carbocycles. The standard InChI is InChI=1S/C24H23FN2O4/c1-30-21-7-4-6-19(15-21)27-23(28)16-31-20-11-9-18(10-12-20)24(29)26-14-13-17-5-2-3-8-22(17)25/h2-12,15H,13-14,16H2,1H3,(H,26,29)(H,27,28). The van der Waals surface area contributed by atoms with Crippen LogP contribution in [0, 0.1) is 5.82 Å². The lowest BCUT2D eigenvalue weighted by molar-refractivity contribution is -0.118. The van der Waals surface area contributed by atoms with Gasteiger partial charge in [-0.05, 0) is 54.4 Å². The van der Waals surface area contributed by atoms with Crippen LogP contribution >= 0.6 is 0 Å². The number of amides is 2. The third-order valence-electron chi connectivity index (χ3n) is 4.48. The van der Waals surface area contributed by atoms with Crippen molar-refractivity contribution in [1.82, 2.24) is 5.32 Å². The van der Waals surface area contributed by atoms with Crippen LogP contribution in [0.3, 0.4) is 0 Å². The second-order valence-corrected chi connectivity index (χ2v) is 6.69. The molecule has 160 valence electrons. The quantitative estimate of drug-likeness (QED) is 0.550. The first-order chi connectivity index (χ1) is 15.0. The van der Waals surface area contributed by atoms with Crippen molar-refractivity contribution in [2.75, 3.05) is 25.6 Å². The highest BCUT2D eigenvalue weighted by Gasteiger charge is 2.08. The average molecular weight is 422 g/mol. The molecule has 7 heteroatoms. The van der Waals surface area contributed by atoms with E-state index in [0.29, 0.717) is 41.3 Å². The second kappa shape index (κ2) is 10.8. The summed E-state index contributed by atoms with van der Waals surface area (Å²) < 4.78 is 24.2. The van der Waals surface area contributed by atoms with Crippen molar-refractivity contribution in [3.63, 3.8) is 0 Å². The molecule has 2 amide bonds. The van der Waals surface area contributed by atoms with E-state index in [1.54, 1.807) is 73.8 Å². The molecule has 0 heterocycles. The molecular formula is C24H23FN2O4. The maximum Gasteiger partial charge on any atom is 0.262 e. The molecule has 0 aromatic heterocycles. The summed E-state index contributed by atoms with van der Waals surface area (Å²) in [7, 11) is 1.55. The van der Waals surface area contributed by atoms with Crippen molar-refractivity contribution in [3.8, 4) is 11.5 Å². The van der Waals surface area contributed by atoms with Gasteiger partial charge in [0.15, 0.2) is 6.61 Å². The number of rotatable bonds is 9. The van der Waals surface area contributed by atoms with Gasteiger partial charge in [0, 0.05) is 23.9 Å². The normalized spacial score (nSPS) is 10.3. The second-order valence-electron chi connectivity index (χ2n) is 6.69. The van der Waals surface area contributed by atoms with Crippen LogP contribution in [0.4, 0.5) is 10.1 Å². The Kier molecular flexibility index (Phi) is 7.59. The van der Waals surface area contributed by atoms with Crippen LogP contribution in [-0.2, 0) is 11.2 Å². The molecule has 0 aliphatic heterocycles. The average Bonchev–Trinajstić information content (AvgIpc) is 2.79. The highest BCUT2D eigenvalue weighted by molar-refractivity contribution is 5.94. The van der Waals surface area contributed by atoms with Crippen LogP contribution in [-0.4, -0.2) is 32.1 Å². The molecule has 0 spiro atoms. The molecule has 2 N–H and O–H groups in total. The summed E-state index contributed by atoms with van der Waals surface area (Å²) >= 11 is 0. The van der Waals surface area contributed by atoms with Gasteiger partial charge in [-0.2, -0.15) is 0 Å². The minimum atomic E-state index is -0.316.